The van der Waals surface area contributed by atoms with Crippen molar-refractivity contribution in [3.05, 3.63) is 36.2 Å². The van der Waals surface area contributed by atoms with E-state index in [0.29, 0.717) is 5.75 Å². The van der Waals surface area contributed by atoms with Crippen LogP contribution in [0, 0.1) is 0 Å². The third-order valence-electron chi connectivity index (χ3n) is 3.57. The molecule has 0 aliphatic heterocycles. The van der Waals surface area contributed by atoms with E-state index in [-0.39, 0.29) is 5.97 Å². The van der Waals surface area contributed by atoms with Crippen LogP contribution in [-0.4, -0.2) is 34.9 Å². The van der Waals surface area contributed by atoms with Crippen LogP contribution in [0.25, 0.3) is 5.52 Å². The molecule has 108 valence electrons. The van der Waals surface area contributed by atoms with Crippen molar-refractivity contribution in [3.8, 4) is 5.75 Å². The Morgan fingerprint density at radius 2 is 2.00 bits per heavy atom. The van der Waals surface area contributed by atoms with Crippen LogP contribution in [0.3, 0.4) is 0 Å². The van der Waals surface area contributed by atoms with E-state index in [1.54, 1.807) is 0 Å². The third kappa shape index (κ3) is 3.20. The Bertz CT molecular complexity index is 585. The lowest BCUT2D eigenvalue weighted by Crippen LogP contribution is -2.25. The summed E-state index contributed by atoms with van der Waals surface area (Å²) in [6, 6.07) is 5.84. The summed E-state index contributed by atoms with van der Waals surface area (Å²) in [5, 5.41) is 0. The highest BCUT2D eigenvalue weighted by atomic mass is 16.5. The van der Waals surface area contributed by atoms with E-state index in [4.69, 9.17) is 4.74 Å². The fourth-order valence-corrected chi connectivity index (χ4v) is 2.46. The van der Waals surface area contributed by atoms with Crippen molar-refractivity contribution in [2.24, 2.45) is 0 Å². The largest absolute Gasteiger partial charge is 0.424 e. The van der Waals surface area contributed by atoms with Crippen molar-refractivity contribution < 1.29 is 9.53 Å². The lowest BCUT2D eigenvalue weighted by Gasteiger charge is -2.17. The van der Waals surface area contributed by atoms with Crippen molar-refractivity contribution >= 4 is 11.5 Å². The number of carbonyl (C=O) groups excluding carboxylic acids is 1. The van der Waals surface area contributed by atoms with Crippen LogP contribution in [0.2, 0.25) is 0 Å². The van der Waals surface area contributed by atoms with E-state index in [2.05, 4.69) is 24.8 Å². The van der Waals surface area contributed by atoms with Crippen molar-refractivity contribution in [3.63, 3.8) is 0 Å². The van der Waals surface area contributed by atoms with Crippen molar-refractivity contribution in [1.29, 1.82) is 0 Å². The molecule has 0 saturated carbocycles. The molecule has 0 spiro atoms. The molecule has 0 N–H and O–H groups in total. The second kappa shape index (κ2) is 6.57. The normalized spacial score (nSPS) is 11.2. The quantitative estimate of drug-likeness (QED) is 0.760. The van der Waals surface area contributed by atoms with Gasteiger partial charge < -0.3 is 14.0 Å². The summed E-state index contributed by atoms with van der Waals surface area (Å²) >= 11 is 0. The lowest BCUT2D eigenvalue weighted by molar-refractivity contribution is -0.131. The number of fused-ring (bicyclic) bond motifs is 1. The molecule has 0 radical (unpaired) electrons. The molecule has 2 heterocycles. The highest BCUT2D eigenvalue weighted by Crippen LogP contribution is 2.25. The van der Waals surface area contributed by atoms with Gasteiger partial charge in [0.2, 0.25) is 0 Å². The molecule has 2 aromatic rings. The van der Waals surface area contributed by atoms with E-state index in [1.165, 1.54) is 12.5 Å². The smallest absolute Gasteiger partial charge is 0.308 e. The molecule has 0 bridgehead atoms. The second-order valence-electron chi connectivity index (χ2n) is 4.84. The number of ether oxygens (including phenoxy) is 1. The van der Waals surface area contributed by atoms with Gasteiger partial charge in [0.15, 0.2) is 5.75 Å². The van der Waals surface area contributed by atoms with Crippen LogP contribution in [0.15, 0.2) is 30.6 Å². The summed E-state index contributed by atoms with van der Waals surface area (Å²) < 4.78 is 7.32. The fourth-order valence-electron chi connectivity index (χ4n) is 2.46. The maximum absolute atomic E-state index is 11.2. The number of hydrogen-bond donors (Lipinski definition) is 0. The van der Waals surface area contributed by atoms with E-state index in [9.17, 15) is 4.79 Å². The average molecular weight is 274 g/mol. The topological polar surface area (TPSA) is 34.0 Å². The van der Waals surface area contributed by atoms with Gasteiger partial charge in [-0.15, -0.1) is 0 Å². The number of pyridine rings is 1. The molecule has 4 nitrogen and oxygen atoms in total. The van der Waals surface area contributed by atoms with Crippen molar-refractivity contribution in [1.82, 2.24) is 9.30 Å². The molecule has 0 aliphatic rings. The number of likely N-dealkylation sites (N-methyl/N-ethyl adjacent to an activating group) is 1. The van der Waals surface area contributed by atoms with Crippen LogP contribution < -0.4 is 4.74 Å². The Morgan fingerprint density at radius 1 is 1.25 bits per heavy atom. The summed E-state index contributed by atoms with van der Waals surface area (Å²) in [5.74, 6) is 0.355. The molecular formula is C16H22N2O2. The van der Waals surface area contributed by atoms with Gasteiger partial charge >= 0.3 is 5.97 Å². The van der Waals surface area contributed by atoms with Crippen LogP contribution >= 0.6 is 0 Å². The number of carbonyl (C=O) groups is 1. The number of esters is 1. The van der Waals surface area contributed by atoms with Crippen molar-refractivity contribution in [2.75, 3.05) is 19.6 Å². The van der Waals surface area contributed by atoms with Gasteiger partial charge in [0.05, 0.1) is 5.52 Å². The van der Waals surface area contributed by atoms with E-state index < -0.39 is 0 Å². The zero-order chi connectivity index (χ0) is 14.5. The Kier molecular flexibility index (Phi) is 4.79. The molecule has 4 heteroatoms. The molecule has 0 saturated heterocycles. The first-order valence-electron chi connectivity index (χ1n) is 7.15. The van der Waals surface area contributed by atoms with Gasteiger partial charge in [-0.05, 0) is 43.3 Å². The fraction of sp³-hybridized carbons (Fsp3) is 0.438. The summed E-state index contributed by atoms with van der Waals surface area (Å²) in [6.07, 6.45) is 4.94. The highest BCUT2D eigenvalue weighted by molar-refractivity contribution is 5.75. The molecule has 0 amide bonds. The van der Waals surface area contributed by atoms with Crippen molar-refractivity contribution in [2.45, 2.75) is 27.2 Å². The predicted molar refractivity (Wildman–Crippen MR) is 80.2 cm³/mol. The number of aromatic nitrogens is 1. The molecule has 0 fully saturated rings. The van der Waals surface area contributed by atoms with Crippen LogP contribution in [0.5, 0.6) is 5.75 Å². The molecule has 2 aromatic heterocycles. The first-order valence-corrected chi connectivity index (χ1v) is 7.15. The van der Waals surface area contributed by atoms with E-state index in [1.807, 2.05) is 28.9 Å². The Morgan fingerprint density at radius 3 is 2.65 bits per heavy atom. The molecule has 2 rings (SSSR count). The number of hydrogen-bond acceptors (Lipinski definition) is 3. The SMILES string of the molecule is CCN(CC)CCc1ccn2cccc(OC(C)=O)c12. The maximum Gasteiger partial charge on any atom is 0.308 e. The standard InChI is InChI=1S/C16H22N2O2/c1-4-17(5-2)11-8-14-9-12-18-10-6-7-15(16(14)18)20-13(3)19/h6-7,9-10,12H,4-5,8,11H2,1-3H3. The molecule has 20 heavy (non-hydrogen) atoms. The van der Waals surface area contributed by atoms with E-state index in [0.717, 1.165) is 31.6 Å². The average Bonchev–Trinajstić information content (AvgIpc) is 2.84. The summed E-state index contributed by atoms with van der Waals surface area (Å²) in [6.45, 7) is 8.90. The van der Waals surface area contributed by atoms with Crippen LogP contribution in [0.1, 0.15) is 26.3 Å². The lowest BCUT2D eigenvalue weighted by atomic mass is 10.1. The predicted octanol–water partition coefficient (Wildman–Crippen LogP) is 2.75. The van der Waals surface area contributed by atoms with E-state index >= 15 is 0 Å². The summed E-state index contributed by atoms with van der Waals surface area (Å²) in [5.41, 5.74) is 2.21. The Balaban J connectivity index is 2.27. The Hall–Kier alpha value is -1.81. The molecular weight excluding hydrogens is 252 g/mol. The van der Waals surface area contributed by atoms with Gasteiger partial charge in [-0.25, -0.2) is 0 Å². The van der Waals surface area contributed by atoms with Gasteiger partial charge in [0, 0.05) is 25.9 Å². The minimum absolute atomic E-state index is 0.283. The monoisotopic (exact) mass is 274 g/mol. The molecule has 0 aliphatic carbocycles. The minimum atomic E-state index is -0.283. The maximum atomic E-state index is 11.2. The number of nitrogens with zero attached hydrogens (tertiary/aromatic N) is 2. The molecule has 0 atom stereocenters. The van der Waals surface area contributed by atoms with Gasteiger partial charge in [-0.2, -0.15) is 0 Å². The van der Waals surface area contributed by atoms with Gasteiger partial charge in [-0.1, -0.05) is 13.8 Å². The Labute approximate surface area is 120 Å². The van der Waals surface area contributed by atoms with Gasteiger partial charge in [-0.3, -0.25) is 4.79 Å². The number of rotatable bonds is 6. The van der Waals surface area contributed by atoms with Gasteiger partial charge in [0.25, 0.3) is 0 Å². The first kappa shape index (κ1) is 14.6. The summed E-state index contributed by atoms with van der Waals surface area (Å²) in [7, 11) is 0. The molecule has 0 unspecified atom stereocenters. The first-order chi connectivity index (χ1) is 9.65. The summed E-state index contributed by atoms with van der Waals surface area (Å²) in [4.78, 5) is 13.6. The zero-order valence-electron chi connectivity index (χ0n) is 12.4. The zero-order valence-corrected chi connectivity index (χ0v) is 12.4. The van der Waals surface area contributed by atoms with Crippen LogP contribution in [0.4, 0.5) is 0 Å². The van der Waals surface area contributed by atoms with Crippen LogP contribution in [-0.2, 0) is 11.2 Å². The second-order valence-corrected chi connectivity index (χ2v) is 4.84. The molecule has 0 aromatic carbocycles. The highest BCUT2D eigenvalue weighted by Gasteiger charge is 2.11. The van der Waals surface area contributed by atoms with Gasteiger partial charge in [0.1, 0.15) is 0 Å². The third-order valence-corrected chi connectivity index (χ3v) is 3.57. The minimum Gasteiger partial charge on any atom is -0.424 e.